The molecule has 3 saturated heterocycles. The molecule has 2 N–H and O–H groups in total. The summed E-state index contributed by atoms with van der Waals surface area (Å²) in [5.74, 6) is -0.0798. The highest BCUT2D eigenvalue weighted by Gasteiger charge is 2.48. The third-order valence-corrected chi connectivity index (χ3v) is 13.5. The van der Waals surface area contributed by atoms with Gasteiger partial charge in [0.05, 0.1) is 18.3 Å². The van der Waals surface area contributed by atoms with Gasteiger partial charge < -0.3 is 19.7 Å². The van der Waals surface area contributed by atoms with E-state index < -0.39 is 5.60 Å². The Morgan fingerprint density at radius 3 is 1.16 bits per heavy atom. The van der Waals surface area contributed by atoms with Crippen LogP contribution in [0.4, 0.5) is 0 Å². The maximum Gasteiger partial charge on any atom is 0.306 e. The van der Waals surface area contributed by atoms with Crippen molar-refractivity contribution in [2.45, 2.75) is 296 Å². The van der Waals surface area contributed by atoms with E-state index in [0.717, 1.165) is 77.3 Å². The quantitative estimate of drug-likeness (QED) is 0.0806. The number of ether oxygens (including phenoxy) is 2. The third kappa shape index (κ3) is 19.0. The van der Waals surface area contributed by atoms with Crippen molar-refractivity contribution in [1.82, 2.24) is 14.9 Å². The molecule has 3 heterocycles. The van der Waals surface area contributed by atoms with Gasteiger partial charge in [0, 0.05) is 71.8 Å². The van der Waals surface area contributed by atoms with Crippen molar-refractivity contribution in [3.8, 4) is 0 Å². The largest absolute Gasteiger partial charge is 0.462 e. The number of carbonyl (C=O) groups excluding carboxylic acids is 2. The highest BCUT2D eigenvalue weighted by molar-refractivity contribution is 5.70. The summed E-state index contributed by atoms with van der Waals surface area (Å²) in [6, 6.07) is 0. The van der Waals surface area contributed by atoms with Crippen LogP contribution in [0.15, 0.2) is 0 Å². The van der Waals surface area contributed by atoms with E-state index in [1.54, 1.807) is 13.8 Å². The molecule has 0 atom stereocenters. The minimum Gasteiger partial charge on any atom is -0.462 e. The number of carbonyl (C=O) groups is 2. The van der Waals surface area contributed by atoms with Crippen molar-refractivity contribution >= 4 is 11.9 Å². The van der Waals surface area contributed by atoms with E-state index in [9.17, 15) is 19.8 Å². The molecule has 0 unspecified atom stereocenters. The lowest BCUT2D eigenvalue weighted by atomic mass is 9.78. The van der Waals surface area contributed by atoms with Crippen LogP contribution in [0.1, 0.15) is 239 Å². The van der Waals surface area contributed by atoms with Crippen molar-refractivity contribution in [1.29, 1.82) is 0 Å². The Kier molecular flexibility index (Phi) is 21.7. The normalized spacial score (nSPS) is 23.2. The average molecular weight is 866 g/mol. The minimum absolute atomic E-state index is 0.00478. The van der Waals surface area contributed by atoms with Gasteiger partial charge >= 0.3 is 11.9 Å². The van der Waals surface area contributed by atoms with Gasteiger partial charge in [0.25, 0.3) is 0 Å². The molecule has 0 bridgehead atoms. The first-order valence-electron chi connectivity index (χ1n) is 24.8. The molecule has 61 heavy (non-hydrogen) atoms. The number of hydrogen-bond acceptors (Lipinski definition) is 10. The Balaban J connectivity index is 0.000000627. The molecule has 3 aliphatic heterocycles. The van der Waals surface area contributed by atoms with Crippen molar-refractivity contribution < 1.29 is 34.1 Å². The van der Waals surface area contributed by atoms with Crippen molar-refractivity contribution in [3.05, 3.63) is 0 Å². The lowest BCUT2D eigenvalue weighted by Crippen LogP contribution is -2.62. The highest BCUT2D eigenvalue weighted by Crippen LogP contribution is 2.42. The second-order valence-electron chi connectivity index (χ2n) is 23.7. The Hall–Kier alpha value is -1.30. The summed E-state index contributed by atoms with van der Waals surface area (Å²) in [7, 11) is 0. The van der Waals surface area contributed by atoms with Gasteiger partial charge in [-0.15, -0.1) is 0 Å². The molecule has 3 fully saturated rings. The molecule has 3 aliphatic rings. The monoisotopic (exact) mass is 866 g/mol. The number of rotatable bonds is 22. The van der Waals surface area contributed by atoms with Gasteiger partial charge in [-0.2, -0.15) is 5.06 Å². The third-order valence-electron chi connectivity index (χ3n) is 13.5. The van der Waals surface area contributed by atoms with Gasteiger partial charge in [0.1, 0.15) is 12.2 Å². The molecule has 3 rings (SSSR count). The zero-order valence-electron chi connectivity index (χ0n) is 42.8. The number of hydroxylamine groups is 2. The second-order valence-corrected chi connectivity index (χ2v) is 23.7. The molecule has 0 radical (unpaired) electrons. The summed E-state index contributed by atoms with van der Waals surface area (Å²) in [5.41, 5.74) is -1.17. The van der Waals surface area contributed by atoms with Crippen molar-refractivity contribution in [2.24, 2.45) is 0 Å². The molecule has 0 aromatic rings. The molecule has 0 aromatic heterocycles. The Labute approximate surface area is 375 Å². The van der Waals surface area contributed by atoms with Crippen LogP contribution in [0.3, 0.4) is 0 Å². The number of piperidine rings is 3. The lowest BCUT2D eigenvalue weighted by Gasteiger charge is -2.55. The molecule has 0 aromatic carbocycles. The molecular formula is C51H99N3O7. The minimum atomic E-state index is -0.845. The SMILES string of the molecule is CC(C)(O)CON1C(C)(C)CC(O)CC1(C)C.CCCCCN1C(C)(C)CC(OC(=O)CCCCCCCCC(=O)OC2CC(C)(C)N(CCCCC)C(C)(C)C2)CC1(C)C. The number of unbranched alkanes of at least 4 members (excludes halogenated alkanes) is 9. The smallest absolute Gasteiger partial charge is 0.306 e. The fourth-order valence-electron chi connectivity index (χ4n) is 11.4. The molecule has 0 spiro atoms. The van der Waals surface area contributed by atoms with Crippen LogP contribution in [0.5, 0.6) is 0 Å². The molecule has 360 valence electrons. The molecule has 0 saturated carbocycles. The van der Waals surface area contributed by atoms with Crippen LogP contribution >= 0.6 is 0 Å². The lowest BCUT2D eigenvalue weighted by molar-refractivity contribution is -0.306. The first kappa shape index (κ1) is 55.8. The molecule has 10 heteroatoms. The predicted molar refractivity (Wildman–Crippen MR) is 251 cm³/mol. The fraction of sp³-hybridized carbons (Fsp3) is 0.961. The van der Waals surface area contributed by atoms with Gasteiger partial charge in [0.15, 0.2) is 0 Å². The number of aliphatic hydroxyl groups excluding tert-OH is 1. The Morgan fingerprint density at radius 2 is 0.852 bits per heavy atom. The summed E-state index contributed by atoms with van der Waals surface area (Å²) in [6.45, 7) is 37.1. The zero-order valence-corrected chi connectivity index (χ0v) is 42.8. The summed E-state index contributed by atoms with van der Waals surface area (Å²) >= 11 is 0. The van der Waals surface area contributed by atoms with Crippen LogP contribution in [0, 0.1) is 0 Å². The van der Waals surface area contributed by atoms with Crippen LogP contribution < -0.4 is 0 Å². The maximum atomic E-state index is 12.7. The zero-order chi connectivity index (χ0) is 46.5. The predicted octanol–water partition coefficient (Wildman–Crippen LogP) is 11.3. The van der Waals surface area contributed by atoms with E-state index in [-0.39, 0.29) is 70.1 Å². The van der Waals surface area contributed by atoms with Crippen LogP contribution in [-0.2, 0) is 23.9 Å². The van der Waals surface area contributed by atoms with E-state index in [1.165, 1.54) is 38.5 Å². The van der Waals surface area contributed by atoms with Crippen LogP contribution in [0.25, 0.3) is 0 Å². The van der Waals surface area contributed by atoms with E-state index >= 15 is 0 Å². The number of likely N-dealkylation sites (tertiary alicyclic amines) is 2. The summed E-state index contributed by atoms with van der Waals surface area (Å²) < 4.78 is 12.0. The first-order valence-corrected chi connectivity index (χ1v) is 24.8. The Morgan fingerprint density at radius 1 is 0.525 bits per heavy atom. The van der Waals surface area contributed by atoms with Gasteiger partial charge in [-0.3, -0.25) is 24.2 Å². The number of nitrogens with zero attached hydrogens (tertiary/aromatic N) is 3. The van der Waals surface area contributed by atoms with Gasteiger partial charge in [-0.05, 0) is 149 Å². The molecule has 0 amide bonds. The van der Waals surface area contributed by atoms with E-state index in [2.05, 4.69) is 107 Å². The van der Waals surface area contributed by atoms with Crippen LogP contribution in [0.2, 0.25) is 0 Å². The molecule has 0 aliphatic carbocycles. The molecule has 10 nitrogen and oxygen atoms in total. The Bertz CT molecular complexity index is 1180. The fourth-order valence-corrected chi connectivity index (χ4v) is 11.4. The highest BCUT2D eigenvalue weighted by atomic mass is 16.7. The van der Waals surface area contributed by atoms with E-state index in [0.29, 0.717) is 25.7 Å². The first-order chi connectivity index (χ1) is 28.0. The molecular weight excluding hydrogens is 767 g/mol. The number of hydrogen-bond donors (Lipinski definition) is 2. The van der Waals surface area contributed by atoms with E-state index in [4.69, 9.17) is 14.3 Å². The van der Waals surface area contributed by atoms with Gasteiger partial charge in [-0.1, -0.05) is 65.2 Å². The number of esters is 2. The summed E-state index contributed by atoms with van der Waals surface area (Å²) in [5, 5.41) is 21.6. The van der Waals surface area contributed by atoms with Gasteiger partial charge in [-0.25, -0.2) is 0 Å². The standard InChI is InChI=1S/C38H72N2O4.C13H27NO3/c1-11-13-21-25-39-35(3,4)27-31(28-36(39,5)6)43-33(41)23-19-17-15-16-18-20-24-34(42)44-32-29-37(7,8)40(26-22-14-12-2)38(9,10)30-32;1-11(2)7-10(15)8-12(3,4)14(11)17-9-13(5,6)16/h31-32H,11-30H2,1-10H3;10,15-16H,7-9H2,1-6H3. The topological polar surface area (TPSA) is 112 Å². The van der Waals surface area contributed by atoms with E-state index in [1.807, 2.05) is 5.06 Å². The maximum absolute atomic E-state index is 12.7. The van der Waals surface area contributed by atoms with Gasteiger partial charge in [0.2, 0.25) is 0 Å². The summed E-state index contributed by atoms with van der Waals surface area (Å²) in [4.78, 5) is 36.4. The number of aliphatic hydroxyl groups is 2. The average Bonchev–Trinajstić information content (AvgIpc) is 3.06. The van der Waals surface area contributed by atoms with Crippen LogP contribution in [-0.4, -0.2) is 114 Å². The van der Waals surface area contributed by atoms with Crippen molar-refractivity contribution in [3.63, 3.8) is 0 Å². The van der Waals surface area contributed by atoms with Crippen molar-refractivity contribution in [2.75, 3.05) is 19.7 Å². The second kappa shape index (κ2) is 23.8. The summed E-state index contributed by atoms with van der Waals surface area (Å²) in [6.07, 6.45) is 19.2.